The van der Waals surface area contributed by atoms with Gasteiger partial charge in [-0.15, -0.1) is 0 Å². The van der Waals surface area contributed by atoms with Gasteiger partial charge in [0.1, 0.15) is 0 Å². The normalized spacial score (nSPS) is 12.7. The molecule has 0 fully saturated rings. The third-order valence-electron chi connectivity index (χ3n) is 8.44. The second kappa shape index (κ2) is 16.7. The quantitative estimate of drug-likeness (QED) is 0.160. The molecule has 0 aromatic heterocycles. The Hall–Kier alpha value is -5.96. The minimum atomic E-state index is 1.00. The van der Waals surface area contributed by atoms with Crippen LogP contribution in [0.1, 0.15) is 40.7 Å². The number of benzene rings is 6. The SMILES string of the molecule is C1=CC(/C=C/c2ccc(N(c3ccc(/C=C/c4ccccc4)cc3)c3ccc4cc(/C=C/c5ccccc5)ccc4c3)cc2)=CCC1.CO. The van der Waals surface area contributed by atoms with E-state index in [4.69, 9.17) is 5.11 Å². The van der Waals surface area contributed by atoms with Crippen LogP contribution in [0.5, 0.6) is 0 Å². The second-order valence-corrected chi connectivity index (χ2v) is 11.8. The highest BCUT2D eigenvalue weighted by molar-refractivity contribution is 5.91. The first-order chi connectivity index (χ1) is 24.3. The highest BCUT2D eigenvalue weighted by Crippen LogP contribution is 2.37. The van der Waals surface area contributed by atoms with Crippen molar-refractivity contribution in [2.24, 2.45) is 0 Å². The summed E-state index contributed by atoms with van der Waals surface area (Å²) >= 11 is 0. The molecule has 0 heterocycles. The molecule has 49 heavy (non-hydrogen) atoms. The average molecular weight is 636 g/mol. The topological polar surface area (TPSA) is 23.5 Å². The monoisotopic (exact) mass is 635 g/mol. The highest BCUT2D eigenvalue weighted by atomic mass is 16.2. The number of rotatable bonds is 9. The molecule has 7 rings (SSSR count). The molecule has 0 unspecified atom stereocenters. The van der Waals surface area contributed by atoms with Crippen LogP contribution < -0.4 is 4.90 Å². The maximum Gasteiger partial charge on any atom is 0.0468 e. The van der Waals surface area contributed by atoms with Gasteiger partial charge < -0.3 is 10.0 Å². The van der Waals surface area contributed by atoms with Crippen LogP contribution in [0.2, 0.25) is 0 Å². The fourth-order valence-corrected chi connectivity index (χ4v) is 5.87. The van der Waals surface area contributed by atoms with Gasteiger partial charge in [0, 0.05) is 24.2 Å². The van der Waals surface area contributed by atoms with E-state index < -0.39 is 0 Å². The van der Waals surface area contributed by atoms with Gasteiger partial charge in [0.15, 0.2) is 0 Å². The van der Waals surface area contributed by atoms with Crippen LogP contribution in [0.15, 0.2) is 175 Å². The minimum Gasteiger partial charge on any atom is -0.400 e. The smallest absolute Gasteiger partial charge is 0.0468 e. The zero-order valence-corrected chi connectivity index (χ0v) is 27.9. The zero-order chi connectivity index (χ0) is 33.7. The fourth-order valence-electron chi connectivity index (χ4n) is 5.87. The lowest BCUT2D eigenvalue weighted by Gasteiger charge is -2.26. The average Bonchev–Trinajstić information content (AvgIpc) is 3.18. The van der Waals surface area contributed by atoms with E-state index >= 15 is 0 Å². The predicted octanol–water partition coefficient (Wildman–Crippen LogP) is 12.5. The minimum absolute atomic E-state index is 1.00. The Morgan fingerprint density at radius 3 is 1.43 bits per heavy atom. The van der Waals surface area contributed by atoms with Crippen molar-refractivity contribution in [2.75, 3.05) is 12.0 Å². The molecule has 6 aromatic rings. The lowest BCUT2D eigenvalue weighted by atomic mass is 10.0. The Bertz CT molecular complexity index is 2100. The summed E-state index contributed by atoms with van der Waals surface area (Å²) in [5.41, 5.74) is 10.6. The molecule has 0 saturated carbocycles. The molecule has 6 aromatic carbocycles. The summed E-state index contributed by atoms with van der Waals surface area (Å²) in [4.78, 5) is 2.34. The molecule has 1 N–H and O–H groups in total. The van der Waals surface area contributed by atoms with E-state index in [2.05, 4.69) is 193 Å². The van der Waals surface area contributed by atoms with Crippen molar-refractivity contribution in [2.45, 2.75) is 12.8 Å². The summed E-state index contributed by atoms with van der Waals surface area (Å²) in [5.74, 6) is 0. The lowest BCUT2D eigenvalue weighted by Crippen LogP contribution is -2.09. The standard InChI is InChI=1S/C46H37N.CH4O/c1-4-10-36(11-5-1)16-18-39-23-29-44(30-24-39)47(45-31-25-40(26-32-45)19-17-37-12-6-2-7-13-37)46-33-28-42-34-41(22-27-43(42)35-46)21-20-38-14-8-3-9-15-38;1-2/h1,3-6,8-35H,2,7H2;2H,1H3/b18-16+,19-17+,21-20+;. The maximum atomic E-state index is 7.00. The van der Waals surface area contributed by atoms with E-state index in [1.165, 1.54) is 44.2 Å². The van der Waals surface area contributed by atoms with Crippen LogP contribution in [0, 0.1) is 0 Å². The Labute approximate surface area is 290 Å². The first-order valence-corrected chi connectivity index (χ1v) is 16.8. The summed E-state index contributed by atoms with van der Waals surface area (Å²) in [6.07, 6.45) is 22.1. The van der Waals surface area contributed by atoms with E-state index in [1.54, 1.807) is 0 Å². The predicted molar refractivity (Wildman–Crippen MR) is 213 cm³/mol. The van der Waals surface area contributed by atoms with E-state index in [9.17, 15) is 0 Å². The molecule has 1 aliphatic carbocycles. The lowest BCUT2D eigenvalue weighted by molar-refractivity contribution is 0.399. The number of hydrogen-bond donors (Lipinski definition) is 1. The Morgan fingerprint density at radius 2 is 0.878 bits per heavy atom. The van der Waals surface area contributed by atoms with Crippen LogP contribution >= 0.6 is 0 Å². The van der Waals surface area contributed by atoms with Gasteiger partial charge >= 0.3 is 0 Å². The third kappa shape index (κ3) is 8.90. The number of nitrogens with zero attached hydrogens (tertiary/aromatic N) is 1. The third-order valence-corrected chi connectivity index (χ3v) is 8.44. The van der Waals surface area contributed by atoms with Gasteiger partial charge in [0.05, 0.1) is 0 Å². The fraction of sp³-hybridized carbons (Fsp3) is 0.0638. The maximum absolute atomic E-state index is 7.00. The largest absolute Gasteiger partial charge is 0.400 e. The van der Waals surface area contributed by atoms with Crippen molar-refractivity contribution < 1.29 is 5.11 Å². The Kier molecular flexibility index (Phi) is 11.3. The molecule has 0 atom stereocenters. The van der Waals surface area contributed by atoms with Gasteiger partial charge in [-0.2, -0.15) is 0 Å². The van der Waals surface area contributed by atoms with Gasteiger partial charge in [-0.1, -0.05) is 158 Å². The first-order valence-electron chi connectivity index (χ1n) is 16.8. The van der Waals surface area contributed by atoms with E-state index in [0.29, 0.717) is 0 Å². The number of allylic oxidation sites excluding steroid dienone is 5. The molecule has 240 valence electrons. The summed E-state index contributed by atoms with van der Waals surface area (Å²) in [7, 11) is 1.00. The zero-order valence-electron chi connectivity index (χ0n) is 27.9. The van der Waals surface area contributed by atoms with Crippen molar-refractivity contribution in [1.82, 2.24) is 0 Å². The van der Waals surface area contributed by atoms with Gasteiger partial charge in [-0.05, 0) is 99.5 Å². The van der Waals surface area contributed by atoms with Crippen LogP contribution in [-0.4, -0.2) is 12.2 Å². The van der Waals surface area contributed by atoms with Gasteiger partial charge in [-0.25, -0.2) is 0 Å². The molecular formula is C47H41NO. The van der Waals surface area contributed by atoms with Crippen molar-refractivity contribution in [3.05, 3.63) is 203 Å². The second-order valence-electron chi connectivity index (χ2n) is 11.8. The molecule has 0 bridgehead atoms. The van der Waals surface area contributed by atoms with Crippen LogP contribution in [0.4, 0.5) is 17.1 Å². The van der Waals surface area contributed by atoms with Gasteiger partial charge in [0.25, 0.3) is 0 Å². The van der Waals surface area contributed by atoms with Gasteiger partial charge in [-0.3, -0.25) is 0 Å². The van der Waals surface area contributed by atoms with Crippen molar-refractivity contribution in [1.29, 1.82) is 0 Å². The summed E-state index contributed by atoms with van der Waals surface area (Å²) in [6.45, 7) is 0. The molecule has 1 aliphatic rings. The Morgan fingerprint density at radius 1 is 0.429 bits per heavy atom. The van der Waals surface area contributed by atoms with E-state index in [-0.39, 0.29) is 0 Å². The summed E-state index contributed by atoms with van der Waals surface area (Å²) in [5, 5.41) is 9.43. The number of aliphatic hydroxyl groups excluding tert-OH is 1. The van der Waals surface area contributed by atoms with E-state index in [0.717, 1.165) is 37.0 Å². The molecule has 0 radical (unpaired) electrons. The van der Waals surface area contributed by atoms with Crippen molar-refractivity contribution in [3.8, 4) is 0 Å². The Balaban J connectivity index is 0.00000205. The molecule has 0 spiro atoms. The molecular weight excluding hydrogens is 595 g/mol. The molecule has 2 heteroatoms. The van der Waals surface area contributed by atoms with Crippen LogP contribution in [-0.2, 0) is 0 Å². The van der Waals surface area contributed by atoms with Gasteiger partial charge in [0.2, 0.25) is 0 Å². The van der Waals surface area contributed by atoms with Crippen molar-refractivity contribution in [3.63, 3.8) is 0 Å². The van der Waals surface area contributed by atoms with E-state index in [1.807, 2.05) is 12.1 Å². The highest BCUT2D eigenvalue weighted by Gasteiger charge is 2.13. The number of fused-ring (bicyclic) bond motifs is 1. The molecule has 2 nitrogen and oxygen atoms in total. The molecule has 0 saturated heterocycles. The summed E-state index contributed by atoms with van der Waals surface area (Å²) < 4.78 is 0. The van der Waals surface area contributed by atoms with Crippen LogP contribution in [0.25, 0.3) is 41.2 Å². The first kappa shape index (κ1) is 33.0. The molecule has 0 amide bonds. The number of aliphatic hydroxyl groups is 1. The molecule has 0 aliphatic heterocycles. The number of hydrogen-bond acceptors (Lipinski definition) is 2. The van der Waals surface area contributed by atoms with Crippen LogP contribution in [0.3, 0.4) is 0 Å². The van der Waals surface area contributed by atoms with Crippen molar-refractivity contribution >= 4 is 58.2 Å². The summed E-state index contributed by atoms with van der Waals surface area (Å²) in [6, 6.07) is 51.9. The number of anilines is 3.